The molecule has 0 saturated heterocycles. The highest BCUT2D eigenvalue weighted by Crippen LogP contribution is 2.39. The van der Waals surface area contributed by atoms with E-state index in [2.05, 4.69) is 6.07 Å². The summed E-state index contributed by atoms with van der Waals surface area (Å²) in [6, 6.07) is 11.7. The van der Waals surface area contributed by atoms with Crippen LogP contribution in [0.15, 0.2) is 36.4 Å². The fraction of sp³-hybridized carbons (Fsp3) is 0.158. The maximum absolute atomic E-state index is 10.9. The van der Waals surface area contributed by atoms with Crippen LogP contribution in [-0.4, -0.2) is 32.4 Å². The Morgan fingerprint density at radius 1 is 1.00 bits per heavy atom. The topological polar surface area (TPSA) is 88.8 Å². The highest BCUT2D eigenvalue weighted by molar-refractivity contribution is 5.92. The zero-order valence-electron chi connectivity index (χ0n) is 14.1. The Hall–Kier alpha value is -3.46. The molecular formula is C19H17NO5. The lowest BCUT2D eigenvalue weighted by Crippen LogP contribution is -1.96. The number of carbonyl (C=O) groups is 1. The van der Waals surface area contributed by atoms with E-state index in [9.17, 15) is 10.1 Å². The van der Waals surface area contributed by atoms with Gasteiger partial charge in [0, 0.05) is 0 Å². The van der Waals surface area contributed by atoms with Gasteiger partial charge in [-0.2, -0.15) is 5.26 Å². The van der Waals surface area contributed by atoms with E-state index in [1.165, 1.54) is 33.5 Å². The number of ether oxygens (including phenoxy) is 3. The SMILES string of the molecule is COc1cc(/C=C(\C#N)c2ccc(C(=O)O)cc2)cc(OC)c1OC. The van der Waals surface area contributed by atoms with Crippen LogP contribution in [0, 0.1) is 11.3 Å². The quantitative estimate of drug-likeness (QED) is 0.640. The van der Waals surface area contributed by atoms with E-state index >= 15 is 0 Å². The molecule has 0 unspecified atom stereocenters. The van der Waals surface area contributed by atoms with Crippen molar-refractivity contribution in [1.29, 1.82) is 5.26 Å². The monoisotopic (exact) mass is 339 g/mol. The van der Waals surface area contributed by atoms with E-state index in [4.69, 9.17) is 19.3 Å². The summed E-state index contributed by atoms with van der Waals surface area (Å²) in [7, 11) is 4.54. The van der Waals surface area contributed by atoms with Gasteiger partial charge in [-0.3, -0.25) is 0 Å². The minimum absolute atomic E-state index is 0.161. The zero-order chi connectivity index (χ0) is 18.4. The van der Waals surface area contributed by atoms with Crippen LogP contribution in [0.1, 0.15) is 21.5 Å². The number of carboxylic acids is 1. The Morgan fingerprint density at radius 2 is 1.52 bits per heavy atom. The summed E-state index contributed by atoms with van der Waals surface area (Å²) in [5.41, 5.74) is 1.84. The van der Waals surface area contributed by atoms with Crippen LogP contribution in [0.4, 0.5) is 0 Å². The van der Waals surface area contributed by atoms with Gasteiger partial charge in [0.15, 0.2) is 11.5 Å². The van der Waals surface area contributed by atoms with Crippen molar-refractivity contribution in [2.75, 3.05) is 21.3 Å². The Kier molecular flexibility index (Phi) is 5.64. The summed E-state index contributed by atoms with van der Waals surface area (Å²) in [4.78, 5) is 10.9. The lowest BCUT2D eigenvalue weighted by atomic mass is 10.0. The maximum Gasteiger partial charge on any atom is 0.335 e. The average Bonchev–Trinajstić information content (AvgIpc) is 2.65. The number of methoxy groups -OCH3 is 3. The highest BCUT2D eigenvalue weighted by Gasteiger charge is 2.13. The van der Waals surface area contributed by atoms with Crippen molar-refractivity contribution in [3.8, 4) is 23.3 Å². The first kappa shape index (κ1) is 17.9. The number of benzene rings is 2. The van der Waals surface area contributed by atoms with Crippen LogP contribution in [0.25, 0.3) is 11.6 Å². The van der Waals surface area contributed by atoms with Gasteiger partial charge in [-0.15, -0.1) is 0 Å². The Labute approximate surface area is 145 Å². The summed E-state index contributed by atoms with van der Waals surface area (Å²) < 4.78 is 15.9. The normalized spacial score (nSPS) is 10.7. The molecule has 0 aliphatic rings. The van der Waals surface area contributed by atoms with E-state index in [0.29, 0.717) is 33.9 Å². The summed E-state index contributed by atoms with van der Waals surface area (Å²) in [5, 5.41) is 18.4. The van der Waals surface area contributed by atoms with Crippen molar-refractivity contribution in [2.24, 2.45) is 0 Å². The van der Waals surface area contributed by atoms with Crippen molar-refractivity contribution in [2.45, 2.75) is 0 Å². The van der Waals surface area contributed by atoms with Gasteiger partial charge in [0.1, 0.15) is 0 Å². The molecule has 0 spiro atoms. The van der Waals surface area contributed by atoms with Crippen LogP contribution in [-0.2, 0) is 0 Å². The molecular weight excluding hydrogens is 322 g/mol. The van der Waals surface area contributed by atoms with Gasteiger partial charge in [-0.1, -0.05) is 12.1 Å². The number of nitriles is 1. The zero-order valence-corrected chi connectivity index (χ0v) is 14.1. The van der Waals surface area contributed by atoms with Gasteiger partial charge in [0.05, 0.1) is 38.5 Å². The molecule has 0 amide bonds. The van der Waals surface area contributed by atoms with Crippen molar-refractivity contribution in [1.82, 2.24) is 0 Å². The fourth-order valence-corrected chi connectivity index (χ4v) is 2.32. The third-order valence-corrected chi connectivity index (χ3v) is 3.56. The van der Waals surface area contributed by atoms with Gasteiger partial charge in [0.25, 0.3) is 0 Å². The van der Waals surface area contributed by atoms with E-state index in [0.717, 1.165) is 0 Å². The first-order valence-corrected chi connectivity index (χ1v) is 7.29. The Bertz CT molecular complexity index is 822. The predicted molar refractivity (Wildman–Crippen MR) is 93.0 cm³/mol. The molecule has 0 aliphatic heterocycles. The maximum atomic E-state index is 10.9. The van der Waals surface area contributed by atoms with E-state index in [1.807, 2.05) is 0 Å². The van der Waals surface area contributed by atoms with E-state index in [1.54, 1.807) is 30.3 Å². The number of hydrogen-bond donors (Lipinski definition) is 1. The molecule has 2 aromatic rings. The molecule has 0 saturated carbocycles. The van der Waals surface area contributed by atoms with Crippen molar-refractivity contribution in [3.63, 3.8) is 0 Å². The first-order valence-electron chi connectivity index (χ1n) is 7.29. The van der Waals surface area contributed by atoms with Crippen molar-refractivity contribution in [3.05, 3.63) is 53.1 Å². The fourth-order valence-electron chi connectivity index (χ4n) is 2.32. The lowest BCUT2D eigenvalue weighted by Gasteiger charge is -2.13. The average molecular weight is 339 g/mol. The number of carboxylic acid groups (broad SMARTS) is 1. The number of rotatable bonds is 6. The van der Waals surface area contributed by atoms with Crippen molar-refractivity contribution < 1.29 is 24.1 Å². The third kappa shape index (κ3) is 3.90. The van der Waals surface area contributed by atoms with Gasteiger partial charge >= 0.3 is 5.97 Å². The molecule has 0 radical (unpaired) electrons. The summed E-state index contributed by atoms with van der Waals surface area (Å²) in [6.45, 7) is 0. The molecule has 6 heteroatoms. The summed E-state index contributed by atoms with van der Waals surface area (Å²) >= 11 is 0. The van der Waals surface area contributed by atoms with E-state index in [-0.39, 0.29) is 5.56 Å². The number of hydrogen-bond acceptors (Lipinski definition) is 5. The number of allylic oxidation sites excluding steroid dienone is 1. The van der Waals surface area contributed by atoms with Gasteiger partial charge < -0.3 is 19.3 Å². The second-order valence-electron chi connectivity index (χ2n) is 5.01. The molecule has 0 atom stereocenters. The highest BCUT2D eigenvalue weighted by atomic mass is 16.5. The van der Waals surface area contributed by atoms with E-state index < -0.39 is 5.97 Å². The molecule has 0 bridgehead atoms. The third-order valence-electron chi connectivity index (χ3n) is 3.56. The van der Waals surface area contributed by atoms with Crippen molar-refractivity contribution >= 4 is 17.6 Å². The van der Waals surface area contributed by atoms with Gasteiger partial charge in [-0.05, 0) is 41.5 Å². The Balaban J connectivity index is 2.49. The molecule has 0 aromatic heterocycles. The number of nitrogens with zero attached hydrogens (tertiary/aromatic N) is 1. The molecule has 1 N–H and O–H groups in total. The lowest BCUT2D eigenvalue weighted by molar-refractivity contribution is 0.0697. The predicted octanol–water partition coefficient (Wildman–Crippen LogP) is 3.47. The van der Waals surface area contributed by atoms with Crippen LogP contribution in [0.3, 0.4) is 0 Å². The summed E-state index contributed by atoms with van der Waals surface area (Å²) in [6.07, 6.45) is 1.67. The summed E-state index contributed by atoms with van der Waals surface area (Å²) in [5.74, 6) is 0.406. The minimum atomic E-state index is -1.02. The van der Waals surface area contributed by atoms with Gasteiger partial charge in [0.2, 0.25) is 5.75 Å². The molecule has 0 fully saturated rings. The van der Waals surface area contributed by atoms with Crippen LogP contribution in [0.5, 0.6) is 17.2 Å². The largest absolute Gasteiger partial charge is 0.493 e. The molecule has 25 heavy (non-hydrogen) atoms. The minimum Gasteiger partial charge on any atom is -0.493 e. The number of aromatic carboxylic acids is 1. The molecule has 0 heterocycles. The second kappa shape index (κ2) is 7.88. The molecule has 128 valence electrons. The molecule has 2 aromatic carbocycles. The molecule has 6 nitrogen and oxygen atoms in total. The Morgan fingerprint density at radius 3 is 1.92 bits per heavy atom. The second-order valence-corrected chi connectivity index (χ2v) is 5.01. The smallest absolute Gasteiger partial charge is 0.335 e. The van der Waals surface area contributed by atoms with Crippen LogP contribution < -0.4 is 14.2 Å². The van der Waals surface area contributed by atoms with Crippen LogP contribution in [0.2, 0.25) is 0 Å². The van der Waals surface area contributed by atoms with Crippen LogP contribution >= 0.6 is 0 Å². The standard InChI is InChI=1S/C19H17NO5/c1-23-16-9-12(10-17(24-2)18(16)25-3)8-15(11-20)13-4-6-14(7-5-13)19(21)22/h4-10H,1-3H3,(H,21,22)/b15-8+. The van der Waals surface area contributed by atoms with Gasteiger partial charge in [-0.25, -0.2) is 4.79 Å². The first-order chi connectivity index (χ1) is 12.0. The molecule has 2 rings (SSSR count). The molecule has 0 aliphatic carbocycles.